The average molecular weight is 718 g/mol. The average Bonchev–Trinajstić information content (AvgIpc) is 3.76. The van der Waals surface area contributed by atoms with Crippen LogP contribution in [0.5, 0.6) is 0 Å². The number of benzene rings is 1. The molecule has 0 fully saturated rings. The van der Waals surface area contributed by atoms with Crippen LogP contribution < -0.4 is 0 Å². The summed E-state index contributed by atoms with van der Waals surface area (Å²) in [5, 5.41) is 0. The minimum atomic E-state index is -5.11. The van der Waals surface area contributed by atoms with Crippen molar-refractivity contribution in [3.8, 4) is 0 Å². The number of nitrogens with zero attached hydrogens (tertiary/aromatic N) is 3. The molecule has 268 valence electrons. The Labute approximate surface area is 294 Å². The summed E-state index contributed by atoms with van der Waals surface area (Å²) < 4.78 is 82.6. The molecule has 0 saturated heterocycles. The lowest BCUT2D eigenvalue weighted by molar-refractivity contribution is -0.143. The quantitative estimate of drug-likeness (QED) is 0.162. The largest absolute Gasteiger partial charge is 0.416 e. The number of aromatic nitrogens is 4. The van der Waals surface area contributed by atoms with Crippen LogP contribution in [-0.2, 0) is 25.3 Å². The second-order valence-corrected chi connectivity index (χ2v) is 13.5. The minimum absolute atomic E-state index is 0.0108. The van der Waals surface area contributed by atoms with Gasteiger partial charge in [0, 0.05) is 33.7 Å². The molecule has 3 aromatic heterocycles. The van der Waals surface area contributed by atoms with E-state index in [2.05, 4.69) is 16.5 Å². The summed E-state index contributed by atoms with van der Waals surface area (Å²) in [6.45, 7) is 12.7. The summed E-state index contributed by atoms with van der Waals surface area (Å²) >= 11 is 0. The Hall–Kier alpha value is -5.46. The van der Waals surface area contributed by atoms with Gasteiger partial charge in [-0.25, -0.2) is 4.98 Å². The Morgan fingerprint density at radius 1 is 0.827 bits per heavy atom. The number of nitrogens with one attached hydrogen (secondary N) is 2. The molecule has 0 saturated carbocycles. The highest BCUT2D eigenvalue weighted by Crippen LogP contribution is 2.40. The van der Waals surface area contributed by atoms with Gasteiger partial charge in [-0.3, -0.25) is 19.5 Å². The molecule has 52 heavy (non-hydrogen) atoms. The lowest BCUT2D eigenvalue weighted by Gasteiger charge is -2.26. The van der Waals surface area contributed by atoms with E-state index >= 15 is 0 Å². The molecular formula is C39H33F6N5O2. The maximum absolute atomic E-state index is 14.4. The molecule has 13 heteroatoms. The number of hydrogen-bond acceptors (Lipinski definition) is 4. The van der Waals surface area contributed by atoms with E-state index in [-0.39, 0.29) is 35.0 Å². The van der Waals surface area contributed by atoms with E-state index in [4.69, 9.17) is 9.97 Å². The fourth-order valence-corrected chi connectivity index (χ4v) is 7.35. The standard InChI is InChI=1S/C39H33F6N5O2/c1-7-24-18(4)27-13-26-17(3)9-32(46-26)34-35-33(20(6)29(49-35)15-31-25(8-2)19(5)28(48-31)14-30(24)47-27)36(51)50(37(34)52)16-21-10-22(38(40,41)42)12-23(11-21)39(43,44)45/h7,10-15,17,47,49H,1,8-9,16H2,2-6H3/t17-/m0/s1. The van der Waals surface area contributed by atoms with Gasteiger partial charge in [0.2, 0.25) is 0 Å². The fraction of sp³-hybridized carbons (Fsp3) is 0.282. The molecule has 6 heterocycles. The van der Waals surface area contributed by atoms with E-state index in [1.165, 1.54) is 0 Å². The Bertz CT molecular complexity index is 2420. The summed E-state index contributed by atoms with van der Waals surface area (Å²) in [5.74, 6) is -1.92. The van der Waals surface area contributed by atoms with Crippen LogP contribution in [0, 0.1) is 13.8 Å². The lowest BCUT2D eigenvalue weighted by Crippen LogP contribution is -2.40. The van der Waals surface area contributed by atoms with Crippen molar-refractivity contribution >= 4 is 51.1 Å². The van der Waals surface area contributed by atoms with Crippen molar-refractivity contribution in [2.24, 2.45) is 0 Å². The first-order chi connectivity index (χ1) is 24.4. The third-order valence-corrected chi connectivity index (χ3v) is 10.2. The number of alkyl halides is 6. The van der Waals surface area contributed by atoms with E-state index in [9.17, 15) is 35.9 Å². The van der Waals surface area contributed by atoms with E-state index in [1.54, 1.807) is 19.1 Å². The van der Waals surface area contributed by atoms with Gasteiger partial charge in [0.25, 0.3) is 11.8 Å². The molecular weight excluding hydrogens is 684 g/mol. The van der Waals surface area contributed by atoms with Crippen LogP contribution in [0.3, 0.4) is 0 Å². The predicted octanol–water partition coefficient (Wildman–Crippen LogP) is 10.1. The molecule has 4 aromatic rings. The van der Waals surface area contributed by atoms with Crippen LogP contribution in [0.15, 0.2) is 43.0 Å². The molecule has 0 unspecified atom stereocenters. The number of H-pyrrole nitrogens is 2. The van der Waals surface area contributed by atoms with Gasteiger partial charge < -0.3 is 9.97 Å². The first kappa shape index (κ1) is 35.0. The number of hydrogen-bond donors (Lipinski definition) is 2. The summed E-state index contributed by atoms with van der Waals surface area (Å²) in [7, 11) is 0. The maximum atomic E-state index is 14.4. The Morgan fingerprint density at radius 2 is 1.44 bits per heavy atom. The second-order valence-electron chi connectivity index (χ2n) is 13.5. The molecule has 2 amide bonds. The van der Waals surface area contributed by atoms with Gasteiger partial charge in [-0.2, -0.15) is 26.3 Å². The number of amides is 2. The number of halogens is 6. The fourth-order valence-electron chi connectivity index (χ4n) is 7.35. The molecule has 1 atom stereocenters. The van der Waals surface area contributed by atoms with Gasteiger partial charge in [-0.15, -0.1) is 0 Å². The number of imide groups is 1. The number of carbonyl (C=O) groups excluding carboxylic acids is 2. The first-order valence-electron chi connectivity index (χ1n) is 16.7. The maximum Gasteiger partial charge on any atom is 0.416 e. The van der Waals surface area contributed by atoms with Crippen LogP contribution in [0.4, 0.5) is 26.3 Å². The molecule has 7 rings (SSSR count). The third kappa shape index (κ3) is 5.62. The van der Waals surface area contributed by atoms with Gasteiger partial charge in [0.05, 0.1) is 51.4 Å². The summed E-state index contributed by atoms with van der Waals surface area (Å²) in [6.07, 6.45) is -7.52. The zero-order valence-electron chi connectivity index (χ0n) is 28.9. The zero-order valence-corrected chi connectivity index (χ0v) is 28.9. The van der Waals surface area contributed by atoms with Crippen LogP contribution in [0.25, 0.3) is 39.3 Å². The highest BCUT2D eigenvalue weighted by atomic mass is 19.4. The van der Waals surface area contributed by atoms with Crippen LogP contribution in [-0.4, -0.2) is 36.7 Å². The Balaban J connectivity index is 1.54. The number of fused-ring (bicyclic) bond motifs is 8. The van der Waals surface area contributed by atoms with Crippen molar-refractivity contribution in [3.05, 3.63) is 110 Å². The normalized spacial score (nSPS) is 16.3. The van der Waals surface area contributed by atoms with E-state index in [0.717, 1.165) is 39.0 Å². The minimum Gasteiger partial charge on any atom is -0.355 e. The SMILES string of the molecule is C=Cc1c(C)c2cc3nc(c4c5[nH]c(cc6nc(cc1[nH]2)C(C)=C6CC)c(C)c5C(=O)N(Cc1cc(C(F)(F)F)cc(C(F)(F)F)c1)C4=O)C[C@@H]3C. The Morgan fingerprint density at radius 3 is 2.06 bits per heavy atom. The topological polar surface area (TPSA) is 94.7 Å². The van der Waals surface area contributed by atoms with Crippen molar-refractivity contribution in [1.29, 1.82) is 0 Å². The van der Waals surface area contributed by atoms with Crippen LogP contribution in [0.2, 0.25) is 0 Å². The smallest absolute Gasteiger partial charge is 0.355 e. The molecule has 0 aliphatic carbocycles. The first-order valence-corrected chi connectivity index (χ1v) is 16.7. The molecule has 0 radical (unpaired) electrons. The van der Waals surface area contributed by atoms with Crippen molar-refractivity contribution in [2.75, 3.05) is 0 Å². The van der Waals surface area contributed by atoms with Crippen molar-refractivity contribution in [2.45, 2.75) is 72.3 Å². The molecule has 3 aliphatic heterocycles. The van der Waals surface area contributed by atoms with Crippen LogP contribution >= 0.6 is 0 Å². The summed E-state index contributed by atoms with van der Waals surface area (Å²) in [6, 6.07) is 6.70. The van der Waals surface area contributed by atoms with Gasteiger partial charge in [0.15, 0.2) is 0 Å². The molecule has 0 spiro atoms. The molecule has 1 aromatic carbocycles. The number of aromatic amines is 2. The lowest BCUT2D eigenvalue weighted by atomic mass is 9.96. The monoisotopic (exact) mass is 717 g/mol. The van der Waals surface area contributed by atoms with E-state index in [0.29, 0.717) is 51.6 Å². The Kier molecular flexibility index (Phi) is 8.11. The summed E-state index contributed by atoms with van der Waals surface area (Å²) in [4.78, 5) is 45.9. The van der Waals surface area contributed by atoms with Gasteiger partial charge >= 0.3 is 12.4 Å². The number of allylic oxidation sites excluding steroid dienone is 2. The molecule has 7 nitrogen and oxygen atoms in total. The molecule has 2 N–H and O–H groups in total. The second kappa shape index (κ2) is 12.1. The van der Waals surface area contributed by atoms with E-state index in [1.807, 2.05) is 39.8 Å². The van der Waals surface area contributed by atoms with E-state index < -0.39 is 47.4 Å². The van der Waals surface area contributed by atoms with Crippen molar-refractivity contribution in [3.63, 3.8) is 0 Å². The third-order valence-electron chi connectivity index (χ3n) is 10.2. The highest BCUT2D eigenvalue weighted by Gasteiger charge is 2.40. The summed E-state index contributed by atoms with van der Waals surface area (Å²) in [5.41, 5.74) is 5.26. The number of aryl methyl sites for hydroxylation is 2. The molecule has 3 aliphatic rings. The highest BCUT2D eigenvalue weighted by molar-refractivity contribution is 6.23. The van der Waals surface area contributed by atoms with Crippen LogP contribution in [0.1, 0.15) is 110 Å². The number of carbonyl (C=O) groups is 2. The number of rotatable bonds is 4. The van der Waals surface area contributed by atoms with Gasteiger partial charge in [-0.1, -0.05) is 26.5 Å². The van der Waals surface area contributed by atoms with Gasteiger partial charge in [0.1, 0.15) is 0 Å². The molecule has 8 bridgehead atoms. The zero-order chi connectivity index (χ0) is 37.6. The van der Waals surface area contributed by atoms with Crippen molar-refractivity contribution in [1.82, 2.24) is 24.8 Å². The van der Waals surface area contributed by atoms with Gasteiger partial charge in [-0.05, 0) is 97.8 Å². The predicted molar refractivity (Wildman–Crippen MR) is 186 cm³/mol. The van der Waals surface area contributed by atoms with Crippen molar-refractivity contribution < 1.29 is 35.9 Å².